The van der Waals surface area contributed by atoms with Crippen LogP contribution in [0.4, 0.5) is 0 Å². The van der Waals surface area contributed by atoms with Gasteiger partial charge < -0.3 is 10.2 Å². The van der Waals surface area contributed by atoms with Crippen molar-refractivity contribution in [3.05, 3.63) is 34.3 Å². The van der Waals surface area contributed by atoms with Gasteiger partial charge in [-0.3, -0.25) is 9.59 Å². The molecule has 1 atom stereocenters. The highest BCUT2D eigenvalue weighted by molar-refractivity contribution is 6.32. The van der Waals surface area contributed by atoms with E-state index in [2.05, 4.69) is 5.32 Å². The standard InChI is InChI=1S/C14H17ClN2O2/c1-9-4-3-5-10(13(9)15)7-16-14(19)11-6-12(18)17(2)8-11/h3-5,11H,6-8H2,1-2H3,(H,16,19)/t11-/m1/s1. The van der Waals surface area contributed by atoms with Gasteiger partial charge in [0.2, 0.25) is 11.8 Å². The van der Waals surface area contributed by atoms with Crippen LogP contribution < -0.4 is 5.32 Å². The first-order valence-corrected chi connectivity index (χ1v) is 6.62. The molecule has 1 aliphatic rings. The van der Waals surface area contributed by atoms with Gasteiger partial charge in [-0.05, 0) is 18.1 Å². The Balaban J connectivity index is 1.94. The Kier molecular flexibility index (Phi) is 4.10. The Morgan fingerprint density at radius 2 is 2.26 bits per heavy atom. The summed E-state index contributed by atoms with van der Waals surface area (Å²) in [6, 6.07) is 5.73. The topological polar surface area (TPSA) is 49.4 Å². The second-order valence-electron chi connectivity index (χ2n) is 4.94. The van der Waals surface area contributed by atoms with E-state index in [9.17, 15) is 9.59 Å². The van der Waals surface area contributed by atoms with Crippen molar-refractivity contribution in [1.29, 1.82) is 0 Å². The summed E-state index contributed by atoms with van der Waals surface area (Å²) in [5.41, 5.74) is 1.89. The van der Waals surface area contributed by atoms with Crippen molar-refractivity contribution in [3.63, 3.8) is 0 Å². The number of rotatable bonds is 3. The Hall–Kier alpha value is -1.55. The molecule has 0 aliphatic carbocycles. The minimum Gasteiger partial charge on any atom is -0.352 e. The normalized spacial score (nSPS) is 18.8. The van der Waals surface area contributed by atoms with Crippen LogP contribution in [0, 0.1) is 12.8 Å². The summed E-state index contributed by atoms with van der Waals surface area (Å²) >= 11 is 6.17. The maximum Gasteiger partial charge on any atom is 0.225 e. The zero-order valence-corrected chi connectivity index (χ0v) is 11.8. The molecule has 0 unspecified atom stereocenters. The lowest BCUT2D eigenvalue weighted by Crippen LogP contribution is -2.31. The lowest BCUT2D eigenvalue weighted by Gasteiger charge is -2.12. The molecule has 5 heteroatoms. The smallest absolute Gasteiger partial charge is 0.225 e. The third-order valence-corrected chi connectivity index (χ3v) is 3.98. The van der Waals surface area contributed by atoms with Crippen LogP contribution in [0.2, 0.25) is 5.02 Å². The van der Waals surface area contributed by atoms with E-state index >= 15 is 0 Å². The van der Waals surface area contributed by atoms with Crippen LogP contribution in [0.1, 0.15) is 17.5 Å². The molecule has 0 aromatic heterocycles. The second kappa shape index (κ2) is 5.61. The van der Waals surface area contributed by atoms with E-state index in [0.717, 1.165) is 11.1 Å². The molecule has 0 spiro atoms. The maximum absolute atomic E-state index is 12.0. The molecule has 0 radical (unpaired) electrons. The molecule has 1 aromatic rings. The molecule has 1 fully saturated rings. The van der Waals surface area contributed by atoms with Gasteiger partial charge in [0.05, 0.1) is 5.92 Å². The van der Waals surface area contributed by atoms with Crippen molar-refractivity contribution in [3.8, 4) is 0 Å². The van der Waals surface area contributed by atoms with Crippen LogP contribution >= 0.6 is 11.6 Å². The van der Waals surface area contributed by atoms with E-state index in [1.54, 1.807) is 11.9 Å². The lowest BCUT2D eigenvalue weighted by atomic mass is 10.1. The SMILES string of the molecule is Cc1cccc(CNC(=O)[C@@H]2CC(=O)N(C)C2)c1Cl. The molecule has 1 heterocycles. The quantitative estimate of drug-likeness (QED) is 0.917. The molecule has 0 saturated carbocycles. The summed E-state index contributed by atoms with van der Waals surface area (Å²) in [6.07, 6.45) is 0.296. The van der Waals surface area contributed by atoms with E-state index in [4.69, 9.17) is 11.6 Å². The molecule has 2 rings (SSSR count). The number of halogens is 1. The van der Waals surface area contributed by atoms with Gasteiger partial charge in [-0.15, -0.1) is 0 Å². The molecule has 19 heavy (non-hydrogen) atoms. The zero-order valence-electron chi connectivity index (χ0n) is 11.1. The minimum atomic E-state index is -0.249. The Labute approximate surface area is 117 Å². The van der Waals surface area contributed by atoms with E-state index in [1.165, 1.54) is 0 Å². The molecule has 4 nitrogen and oxygen atoms in total. The van der Waals surface area contributed by atoms with E-state index in [1.807, 2.05) is 25.1 Å². The summed E-state index contributed by atoms with van der Waals surface area (Å²) in [5, 5.41) is 3.53. The Morgan fingerprint density at radius 1 is 1.53 bits per heavy atom. The fourth-order valence-corrected chi connectivity index (χ4v) is 2.40. The number of carbonyl (C=O) groups is 2. The van der Waals surface area contributed by atoms with Crippen LogP contribution in [0.15, 0.2) is 18.2 Å². The van der Waals surface area contributed by atoms with Crippen LogP contribution in [0.25, 0.3) is 0 Å². The highest BCUT2D eigenvalue weighted by atomic mass is 35.5. The average Bonchev–Trinajstić information content (AvgIpc) is 2.71. The minimum absolute atomic E-state index is 0.0220. The molecule has 102 valence electrons. The number of benzene rings is 1. The first-order chi connectivity index (χ1) is 8.99. The third-order valence-electron chi connectivity index (χ3n) is 3.44. The highest BCUT2D eigenvalue weighted by Crippen LogP contribution is 2.21. The van der Waals surface area contributed by atoms with Crippen molar-refractivity contribution in [2.75, 3.05) is 13.6 Å². The lowest BCUT2D eigenvalue weighted by molar-refractivity contribution is -0.128. The number of hydrogen-bond donors (Lipinski definition) is 1. The van der Waals surface area contributed by atoms with Gasteiger partial charge in [0.15, 0.2) is 0 Å². The molecule has 0 bridgehead atoms. The average molecular weight is 281 g/mol. The number of amides is 2. The third kappa shape index (κ3) is 3.07. The van der Waals surface area contributed by atoms with Gasteiger partial charge in [-0.2, -0.15) is 0 Å². The molecule has 1 N–H and O–H groups in total. The van der Waals surface area contributed by atoms with E-state index < -0.39 is 0 Å². The van der Waals surface area contributed by atoms with Gasteiger partial charge in [0, 0.05) is 31.6 Å². The monoisotopic (exact) mass is 280 g/mol. The molecule has 1 aromatic carbocycles. The molecular formula is C14H17ClN2O2. The summed E-state index contributed by atoms with van der Waals surface area (Å²) in [4.78, 5) is 24.9. The van der Waals surface area contributed by atoms with Crippen molar-refractivity contribution in [2.45, 2.75) is 19.9 Å². The summed E-state index contributed by atoms with van der Waals surface area (Å²) in [5.74, 6) is -0.315. The second-order valence-corrected chi connectivity index (χ2v) is 5.32. The number of hydrogen-bond acceptors (Lipinski definition) is 2. The predicted molar refractivity (Wildman–Crippen MR) is 73.8 cm³/mol. The van der Waals surface area contributed by atoms with E-state index in [0.29, 0.717) is 24.5 Å². The van der Waals surface area contributed by atoms with Gasteiger partial charge in [-0.25, -0.2) is 0 Å². The van der Waals surface area contributed by atoms with Gasteiger partial charge in [-0.1, -0.05) is 29.8 Å². The maximum atomic E-state index is 12.0. The zero-order chi connectivity index (χ0) is 14.0. The summed E-state index contributed by atoms with van der Waals surface area (Å²) in [6.45, 7) is 2.82. The number of nitrogens with one attached hydrogen (secondary N) is 1. The fourth-order valence-electron chi connectivity index (χ4n) is 2.21. The molecule has 1 aliphatic heterocycles. The summed E-state index contributed by atoms with van der Waals surface area (Å²) in [7, 11) is 1.72. The Morgan fingerprint density at radius 3 is 2.89 bits per heavy atom. The van der Waals surface area contributed by atoms with Crippen molar-refractivity contribution in [1.82, 2.24) is 10.2 Å². The summed E-state index contributed by atoms with van der Waals surface area (Å²) < 4.78 is 0. The first kappa shape index (κ1) is 13.9. The van der Waals surface area contributed by atoms with Crippen LogP contribution in [0.5, 0.6) is 0 Å². The number of carbonyl (C=O) groups excluding carboxylic acids is 2. The van der Waals surface area contributed by atoms with Gasteiger partial charge >= 0.3 is 0 Å². The highest BCUT2D eigenvalue weighted by Gasteiger charge is 2.31. The largest absolute Gasteiger partial charge is 0.352 e. The number of nitrogens with zero attached hydrogens (tertiary/aromatic N) is 1. The van der Waals surface area contributed by atoms with Crippen LogP contribution in [0.3, 0.4) is 0 Å². The first-order valence-electron chi connectivity index (χ1n) is 6.24. The molecule has 2 amide bonds. The van der Waals surface area contributed by atoms with Gasteiger partial charge in [0.25, 0.3) is 0 Å². The van der Waals surface area contributed by atoms with Gasteiger partial charge in [0.1, 0.15) is 0 Å². The van der Waals surface area contributed by atoms with Crippen molar-refractivity contribution >= 4 is 23.4 Å². The molecule has 1 saturated heterocycles. The van der Waals surface area contributed by atoms with E-state index in [-0.39, 0.29) is 17.7 Å². The fraction of sp³-hybridized carbons (Fsp3) is 0.429. The number of aryl methyl sites for hydroxylation is 1. The van der Waals surface area contributed by atoms with Crippen LogP contribution in [-0.2, 0) is 16.1 Å². The van der Waals surface area contributed by atoms with Crippen molar-refractivity contribution < 1.29 is 9.59 Å². The molecular weight excluding hydrogens is 264 g/mol. The van der Waals surface area contributed by atoms with Crippen LogP contribution in [-0.4, -0.2) is 30.3 Å². The number of likely N-dealkylation sites (tertiary alicyclic amines) is 1. The Bertz CT molecular complexity index is 516. The van der Waals surface area contributed by atoms with Crippen molar-refractivity contribution in [2.24, 2.45) is 5.92 Å². The predicted octanol–water partition coefficient (Wildman–Crippen LogP) is 1.74.